The molecule has 0 amide bonds. The second-order valence-corrected chi connectivity index (χ2v) is 5.03. The second kappa shape index (κ2) is 5.13. The van der Waals surface area contributed by atoms with Crippen LogP contribution in [0.15, 0.2) is 29.0 Å². The van der Waals surface area contributed by atoms with Gasteiger partial charge in [0.2, 0.25) is 0 Å². The third kappa shape index (κ3) is 2.69. The van der Waals surface area contributed by atoms with Crippen LogP contribution in [0, 0.1) is 12.3 Å². The van der Waals surface area contributed by atoms with E-state index in [0.29, 0.717) is 6.54 Å². The molecule has 0 fully saturated rings. The first-order valence-corrected chi connectivity index (χ1v) is 6.41. The third-order valence-electron chi connectivity index (χ3n) is 1.99. The number of rotatable bonds is 4. The Balaban J connectivity index is 2.02. The largest absolute Gasteiger partial charge is 0.301 e. The Morgan fingerprint density at radius 2 is 2.33 bits per heavy atom. The molecule has 0 radical (unpaired) electrons. The standard InChI is InChI=1S/C12H11NS2/c1-2-5-13-8-11-7-10(9-15-11)12-4-3-6-14-12/h1,3-4,6-7,9,13H,5,8H2. The van der Waals surface area contributed by atoms with E-state index in [0.717, 1.165) is 6.54 Å². The molecule has 76 valence electrons. The van der Waals surface area contributed by atoms with Crippen LogP contribution in [0.3, 0.4) is 0 Å². The normalized spacial score (nSPS) is 10.1. The quantitative estimate of drug-likeness (QED) is 0.631. The molecule has 3 heteroatoms. The summed E-state index contributed by atoms with van der Waals surface area (Å²) in [6, 6.07) is 6.44. The summed E-state index contributed by atoms with van der Waals surface area (Å²) in [5, 5.41) is 7.48. The summed E-state index contributed by atoms with van der Waals surface area (Å²) in [6.45, 7) is 1.49. The van der Waals surface area contributed by atoms with Gasteiger partial charge in [-0.3, -0.25) is 0 Å². The van der Waals surface area contributed by atoms with Crippen molar-refractivity contribution >= 4 is 22.7 Å². The van der Waals surface area contributed by atoms with Gasteiger partial charge in [-0.15, -0.1) is 29.1 Å². The van der Waals surface area contributed by atoms with Crippen LogP contribution < -0.4 is 5.32 Å². The summed E-state index contributed by atoms with van der Waals surface area (Å²) in [5.74, 6) is 2.57. The zero-order chi connectivity index (χ0) is 10.5. The molecule has 1 N–H and O–H groups in total. The van der Waals surface area contributed by atoms with E-state index in [9.17, 15) is 0 Å². The maximum absolute atomic E-state index is 5.17. The predicted molar refractivity (Wildman–Crippen MR) is 68.2 cm³/mol. The van der Waals surface area contributed by atoms with Crippen molar-refractivity contribution in [2.24, 2.45) is 0 Å². The highest BCUT2D eigenvalue weighted by atomic mass is 32.1. The number of thiophene rings is 2. The first-order chi connectivity index (χ1) is 7.40. The molecule has 0 spiro atoms. The van der Waals surface area contributed by atoms with Gasteiger partial charge >= 0.3 is 0 Å². The predicted octanol–water partition coefficient (Wildman–Crippen LogP) is 3.20. The van der Waals surface area contributed by atoms with E-state index in [-0.39, 0.29) is 0 Å². The highest BCUT2D eigenvalue weighted by molar-refractivity contribution is 7.14. The van der Waals surface area contributed by atoms with Gasteiger partial charge < -0.3 is 5.32 Å². The Labute approximate surface area is 97.8 Å². The first-order valence-electron chi connectivity index (χ1n) is 4.65. The fourth-order valence-electron chi connectivity index (χ4n) is 1.30. The molecule has 0 aliphatic heterocycles. The van der Waals surface area contributed by atoms with Crippen molar-refractivity contribution in [3.63, 3.8) is 0 Å². The second-order valence-electron chi connectivity index (χ2n) is 3.09. The van der Waals surface area contributed by atoms with Gasteiger partial charge in [-0.2, -0.15) is 0 Å². The molecule has 0 aliphatic rings. The van der Waals surface area contributed by atoms with E-state index >= 15 is 0 Å². The molecule has 0 unspecified atom stereocenters. The van der Waals surface area contributed by atoms with E-state index in [4.69, 9.17) is 6.42 Å². The number of nitrogens with one attached hydrogen (secondary N) is 1. The van der Waals surface area contributed by atoms with Crippen LogP contribution in [0.4, 0.5) is 0 Å². The highest BCUT2D eigenvalue weighted by Crippen LogP contribution is 2.28. The smallest absolute Gasteiger partial charge is 0.0576 e. The lowest BCUT2D eigenvalue weighted by atomic mass is 10.2. The Bertz CT molecular complexity index is 448. The van der Waals surface area contributed by atoms with E-state index in [2.05, 4.69) is 40.2 Å². The summed E-state index contributed by atoms with van der Waals surface area (Å²) in [6.07, 6.45) is 5.17. The maximum atomic E-state index is 5.17. The van der Waals surface area contributed by atoms with Gasteiger partial charge in [0, 0.05) is 21.9 Å². The molecule has 2 heterocycles. The van der Waals surface area contributed by atoms with Crippen molar-refractivity contribution in [3.8, 4) is 22.8 Å². The van der Waals surface area contributed by atoms with Gasteiger partial charge in [0.25, 0.3) is 0 Å². The Morgan fingerprint density at radius 3 is 3.07 bits per heavy atom. The maximum Gasteiger partial charge on any atom is 0.0576 e. The summed E-state index contributed by atoms with van der Waals surface area (Å²) in [7, 11) is 0. The topological polar surface area (TPSA) is 12.0 Å². The summed E-state index contributed by atoms with van der Waals surface area (Å²) < 4.78 is 0. The molecule has 2 rings (SSSR count). The molecule has 0 atom stereocenters. The molecule has 1 nitrogen and oxygen atoms in total. The molecule has 0 aliphatic carbocycles. The number of terminal acetylenes is 1. The molecule has 2 aromatic rings. The highest BCUT2D eigenvalue weighted by Gasteiger charge is 2.02. The summed E-state index contributed by atoms with van der Waals surface area (Å²) in [5.41, 5.74) is 1.31. The van der Waals surface area contributed by atoms with Crippen molar-refractivity contribution in [3.05, 3.63) is 33.8 Å². The fourth-order valence-corrected chi connectivity index (χ4v) is 2.95. The molecular formula is C12H11NS2. The molecular weight excluding hydrogens is 222 g/mol. The average molecular weight is 233 g/mol. The van der Waals surface area contributed by atoms with Crippen LogP contribution in [0.1, 0.15) is 4.88 Å². The molecule has 15 heavy (non-hydrogen) atoms. The average Bonchev–Trinajstić information content (AvgIpc) is 2.87. The first kappa shape index (κ1) is 10.4. The van der Waals surface area contributed by atoms with Gasteiger partial charge in [0.1, 0.15) is 0 Å². The molecule has 0 saturated carbocycles. The van der Waals surface area contributed by atoms with Gasteiger partial charge in [0.15, 0.2) is 0 Å². The Morgan fingerprint density at radius 1 is 1.40 bits per heavy atom. The summed E-state index contributed by atoms with van der Waals surface area (Å²) in [4.78, 5) is 2.66. The van der Waals surface area contributed by atoms with Crippen LogP contribution >= 0.6 is 22.7 Å². The minimum absolute atomic E-state index is 0.631. The minimum Gasteiger partial charge on any atom is -0.301 e. The van der Waals surface area contributed by atoms with Crippen molar-refractivity contribution in [1.29, 1.82) is 0 Å². The van der Waals surface area contributed by atoms with Crippen molar-refractivity contribution in [2.45, 2.75) is 6.54 Å². The van der Waals surface area contributed by atoms with Crippen molar-refractivity contribution < 1.29 is 0 Å². The van der Waals surface area contributed by atoms with Crippen LogP contribution in [-0.4, -0.2) is 6.54 Å². The Kier molecular flexibility index (Phi) is 3.57. The van der Waals surface area contributed by atoms with Gasteiger partial charge in [-0.05, 0) is 22.9 Å². The van der Waals surface area contributed by atoms with Crippen LogP contribution in [0.25, 0.3) is 10.4 Å². The van der Waals surface area contributed by atoms with Crippen LogP contribution in [0.2, 0.25) is 0 Å². The lowest BCUT2D eigenvalue weighted by Gasteiger charge is -1.95. The number of hydrogen-bond acceptors (Lipinski definition) is 3. The molecule has 0 aromatic carbocycles. The van der Waals surface area contributed by atoms with Crippen LogP contribution in [-0.2, 0) is 6.54 Å². The third-order valence-corrected chi connectivity index (χ3v) is 3.84. The lowest BCUT2D eigenvalue weighted by molar-refractivity contribution is 0.781. The van der Waals surface area contributed by atoms with Crippen molar-refractivity contribution in [2.75, 3.05) is 6.54 Å². The SMILES string of the molecule is C#CCNCc1cc(-c2cccs2)cs1. The lowest BCUT2D eigenvalue weighted by Crippen LogP contribution is -2.11. The van der Waals surface area contributed by atoms with E-state index < -0.39 is 0 Å². The molecule has 0 saturated heterocycles. The fraction of sp³-hybridized carbons (Fsp3) is 0.167. The zero-order valence-electron chi connectivity index (χ0n) is 8.19. The summed E-state index contributed by atoms with van der Waals surface area (Å²) >= 11 is 3.55. The van der Waals surface area contributed by atoms with Crippen molar-refractivity contribution in [1.82, 2.24) is 5.32 Å². The van der Waals surface area contributed by atoms with E-state index in [1.807, 2.05) is 0 Å². The van der Waals surface area contributed by atoms with Gasteiger partial charge in [-0.25, -0.2) is 0 Å². The van der Waals surface area contributed by atoms with Gasteiger partial charge in [-0.1, -0.05) is 12.0 Å². The number of hydrogen-bond donors (Lipinski definition) is 1. The van der Waals surface area contributed by atoms with E-state index in [1.165, 1.54) is 15.3 Å². The molecule has 2 aromatic heterocycles. The van der Waals surface area contributed by atoms with E-state index in [1.54, 1.807) is 22.7 Å². The monoisotopic (exact) mass is 233 g/mol. The zero-order valence-corrected chi connectivity index (χ0v) is 9.83. The minimum atomic E-state index is 0.631. The van der Waals surface area contributed by atoms with Crippen LogP contribution in [0.5, 0.6) is 0 Å². The van der Waals surface area contributed by atoms with Gasteiger partial charge in [0.05, 0.1) is 6.54 Å². The Hall–Kier alpha value is -1.08. The molecule has 0 bridgehead atoms.